The molecular formula is C28H32FN7O6. The molecule has 2 aromatic rings. The molecule has 3 atom stereocenters. The van der Waals surface area contributed by atoms with Gasteiger partial charge in [-0.1, -0.05) is 0 Å². The third kappa shape index (κ3) is 5.14. The van der Waals surface area contributed by atoms with Gasteiger partial charge < -0.3 is 35.4 Å². The van der Waals surface area contributed by atoms with Crippen molar-refractivity contribution in [1.82, 2.24) is 20.2 Å². The Labute approximate surface area is 240 Å². The van der Waals surface area contributed by atoms with Gasteiger partial charge in [-0.3, -0.25) is 14.5 Å². The van der Waals surface area contributed by atoms with Crippen LogP contribution in [0.4, 0.5) is 26.5 Å². The zero-order chi connectivity index (χ0) is 29.0. The molecule has 4 aliphatic heterocycles. The first-order valence-corrected chi connectivity index (χ1v) is 14.3. The maximum atomic E-state index is 15.0. The van der Waals surface area contributed by atoms with Crippen molar-refractivity contribution < 1.29 is 33.4 Å². The molecule has 1 aromatic carbocycles. The van der Waals surface area contributed by atoms with E-state index in [2.05, 4.69) is 30.8 Å². The normalized spacial score (nSPS) is 26.4. The SMILES string of the molecule is O=C1COc2ncc(N3CC4(CCN(CC5Cc6cc(NC(=O)[C@@H]7C[C@H](O)CN7)cc(F)c6C5)CC4)OC3=O)nc2N1. The van der Waals surface area contributed by atoms with Gasteiger partial charge in [0, 0.05) is 44.7 Å². The van der Waals surface area contributed by atoms with Crippen LogP contribution in [0.15, 0.2) is 18.3 Å². The zero-order valence-corrected chi connectivity index (χ0v) is 22.9. The Hall–Kier alpha value is -3.88. The number of aliphatic hydroxyl groups is 1. The predicted octanol–water partition coefficient (Wildman–Crippen LogP) is 0.814. The first kappa shape index (κ1) is 27.0. The average Bonchev–Trinajstić information content (AvgIpc) is 3.67. The third-order valence-electron chi connectivity index (χ3n) is 8.84. The van der Waals surface area contributed by atoms with Crippen molar-refractivity contribution in [3.05, 3.63) is 35.3 Å². The molecule has 1 unspecified atom stereocenters. The molecule has 5 heterocycles. The average molecular weight is 582 g/mol. The molecule has 3 amide bonds. The molecule has 4 N–H and O–H groups in total. The number of aromatic nitrogens is 2. The van der Waals surface area contributed by atoms with Crippen LogP contribution in [0.25, 0.3) is 0 Å². The highest BCUT2D eigenvalue weighted by atomic mass is 19.1. The van der Waals surface area contributed by atoms with Gasteiger partial charge in [-0.05, 0) is 48.4 Å². The molecule has 1 aromatic heterocycles. The summed E-state index contributed by atoms with van der Waals surface area (Å²) in [7, 11) is 0. The van der Waals surface area contributed by atoms with Gasteiger partial charge in [0.25, 0.3) is 11.8 Å². The number of carbonyl (C=O) groups excluding carboxylic acids is 3. The molecule has 222 valence electrons. The highest BCUT2D eigenvalue weighted by molar-refractivity contribution is 5.95. The topological polar surface area (TPSA) is 158 Å². The molecule has 0 bridgehead atoms. The van der Waals surface area contributed by atoms with Crippen LogP contribution in [0.3, 0.4) is 0 Å². The van der Waals surface area contributed by atoms with E-state index in [4.69, 9.17) is 9.47 Å². The monoisotopic (exact) mass is 581 g/mol. The second kappa shape index (κ2) is 10.4. The number of β-amino-alcohol motifs (C(OH)–C–C–N with tert-alkyl or cyclic N) is 1. The van der Waals surface area contributed by atoms with E-state index in [1.54, 1.807) is 0 Å². The van der Waals surface area contributed by atoms with Crippen LogP contribution in [0.5, 0.6) is 5.88 Å². The van der Waals surface area contributed by atoms with E-state index < -0.39 is 23.8 Å². The standard InChI is InChI=1S/C28H32FN7O6/c29-20-8-17(32-25(39)21-9-18(37)10-30-21)7-16-5-15(6-19(16)20)12-35-3-1-28(2-4-35)14-36(27(40)42-28)22-11-31-26-24(33-22)34-23(38)13-41-26/h7-8,11,15,18,21,30,37H,1-6,9-10,12-14H2,(H,32,39)(H,33,34,38)/t15?,18-,21-/m0/s1. The third-order valence-corrected chi connectivity index (χ3v) is 8.84. The number of ether oxygens (including phenoxy) is 2. The molecule has 7 rings (SSSR count). The lowest BCUT2D eigenvalue weighted by Crippen LogP contribution is -2.48. The molecule has 1 spiro atoms. The second-order valence-corrected chi connectivity index (χ2v) is 11.9. The number of nitrogens with zero attached hydrogens (tertiary/aromatic N) is 4. The largest absolute Gasteiger partial charge is 0.465 e. The fraction of sp³-hybridized carbons (Fsp3) is 0.536. The Morgan fingerprint density at radius 2 is 2.07 bits per heavy atom. The Morgan fingerprint density at radius 1 is 1.24 bits per heavy atom. The lowest BCUT2D eigenvalue weighted by atomic mass is 9.90. The van der Waals surface area contributed by atoms with Crippen LogP contribution in [0.1, 0.15) is 30.4 Å². The Bertz CT molecular complexity index is 1450. The number of anilines is 3. The van der Waals surface area contributed by atoms with E-state index in [0.717, 1.165) is 31.6 Å². The summed E-state index contributed by atoms with van der Waals surface area (Å²) < 4.78 is 26.1. The van der Waals surface area contributed by atoms with Gasteiger partial charge in [0.1, 0.15) is 11.4 Å². The Balaban J connectivity index is 0.938. The van der Waals surface area contributed by atoms with Crippen LogP contribution in [-0.2, 0) is 27.2 Å². The van der Waals surface area contributed by atoms with E-state index in [9.17, 15) is 19.5 Å². The van der Waals surface area contributed by atoms with E-state index in [1.165, 1.54) is 17.2 Å². The molecule has 1 aliphatic carbocycles. The van der Waals surface area contributed by atoms with Gasteiger partial charge in [-0.25, -0.2) is 19.2 Å². The number of piperidine rings is 1. The smallest absolute Gasteiger partial charge is 0.416 e. The summed E-state index contributed by atoms with van der Waals surface area (Å²) in [6, 6.07) is 2.75. The highest BCUT2D eigenvalue weighted by Gasteiger charge is 2.48. The van der Waals surface area contributed by atoms with E-state index in [1.807, 2.05) is 6.07 Å². The first-order valence-electron chi connectivity index (χ1n) is 14.3. The number of fused-ring (bicyclic) bond motifs is 2. The summed E-state index contributed by atoms with van der Waals surface area (Å²) in [6.45, 7) is 2.85. The van der Waals surface area contributed by atoms with Gasteiger partial charge in [0.05, 0.1) is 24.9 Å². The summed E-state index contributed by atoms with van der Waals surface area (Å²) in [4.78, 5) is 49.3. The minimum absolute atomic E-state index is 0.127. The summed E-state index contributed by atoms with van der Waals surface area (Å²) in [6.07, 6.45) is 3.40. The number of hydrogen-bond acceptors (Lipinski definition) is 10. The summed E-state index contributed by atoms with van der Waals surface area (Å²) in [5.41, 5.74) is 1.42. The fourth-order valence-electron chi connectivity index (χ4n) is 6.68. The van der Waals surface area contributed by atoms with Gasteiger partial charge in [0.15, 0.2) is 18.2 Å². The number of halogens is 1. The Morgan fingerprint density at radius 3 is 2.86 bits per heavy atom. The zero-order valence-electron chi connectivity index (χ0n) is 22.9. The molecular weight excluding hydrogens is 549 g/mol. The number of likely N-dealkylation sites (tertiary alicyclic amines) is 1. The van der Waals surface area contributed by atoms with E-state index >= 15 is 4.39 Å². The van der Waals surface area contributed by atoms with E-state index in [0.29, 0.717) is 55.8 Å². The predicted molar refractivity (Wildman–Crippen MR) is 147 cm³/mol. The fourth-order valence-corrected chi connectivity index (χ4v) is 6.68. The molecule has 0 saturated carbocycles. The van der Waals surface area contributed by atoms with Gasteiger partial charge in [-0.2, -0.15) is 0 Å². The lowest BCUT2D eigenvalue weighted by molar-refractivity contribution is -0.119. The number of carbonyl (C=O) groups is 3. The molecule has 42 heavy (non-hydrogen) atoms. The molecule has 3 fully saturated rings. The number of hydrogen-bond donors (Lipinski definition) is 4. The molecule has 3 saturated heterocycles. The summed E-state index contributed by atoms with van der Waals surface area (Å²) >= 11 is 0. The molecule has 5 aliphatic rings. The van der Waals surface area contributed by atoms with Crippen molar-refractivity contribution in [3.63, 3.8) is 0 Å². The minimum atomic E-state index is -0.632. The minimum Gasteiger partial charge on any atom is -0.465 e. The van der Waals surface area contributed by atoms with Crippen LogP contribution in [-0.4, -0.2) is 95.0 Å². The summed E-state index contributed by atoms with van der Waals surface area (Å²) in [5.74, 6) is 0.0205. The lowest BCUT2D eigenvalue weighted by Gasteiger charge is -2.38. The Kier molecular flexibility index (Phi) is 6.71. The van der Waals surface area contributed by atoms with Crippen LogP contribution in [0.2, 0.25) is 0 Å². The number of benzene rings is 1. The highest BCUT2D eigenvalue weighted by Crippen LogP contribution is 2.38. The molecule has 0 radical (unpaired) electrons. The van der Waals surface area contributed by atoms with Crippen molar-refractivity contribution in [2.45, 2.75) is 49.9 Å². The van der Waals surface area contributed by atoms with Crippen molar-refractivity contribution in [3.8, 4) is 5.88 Å². The maximum absolute atomic E-state index is 15.0. The second-order valence-electron chi connectivity index (χ2n) is 11.9. The molecule has 14 heteroatoms. The van der Waals surface area contributed by atoms with Crippen LogP contribution < -0.4 is 25.6 Å². The van der Waals surface area contributed by atoms with E-state index in [-0.39, 0.29) is 41.9 Å². The van der Waals surface area contributed by atoms with Crippen molar-refractivity contribution in [2.75, 3.05) is 54.9 Å². The number of aliphatic hydroxyl groups excluding tert-OH is 1. The van der Waals surface area contributed by atoms with Crippen LogP contribution >= 0.6 is 0 Å². The molecule has 13 nitrogen and oxygen atoms in total. The van der Waals surface area contributed by atoms with Crippen molar-refractivity contribution in [1.29, 1.82) is 0 Å². The quantitative estimate of drug-likeness (QED) is 0.398. The summed E-state index contributed by atoms with van der Waals surface area (Å²) in [5, 5.41) is 18.0. The number of nitrogens with one attached hydrogen (secondary N) is 3. The van der Waals surface area contributed by atoms with Gasteiger partial charge in [0.2, 0.25) is 5.91 Å². The van der Waals surface area contributed by atoms with Gasteiger partial charge in [-0.15, -0.1) is 0 Å². The first-order chi connectivity index (χ1) is 20.2. The number of amides is 3. The van der Waals surface area contributed by atoms with Crippen molar-refractivity contribution in [2.24, 2.45) is 5.92 Å². The maximum Gasteiger partial charge on any atom is 0.416 e. The van der Waals surface area contributed by atoms with Crippen LogP contribution in [0, 0.1) is 11.7 Å². The number of rotatable bonds is 5. The van der Waals surface area contributed by atoms with Gasteiger partial charge >= 0.3 is 6.09 Å². The van der Waals surface area contributed by atoms with Crippen molar-refractivity contribution >= 4 is 35.2 Å².